The zero-order valence-electron chi connectivity index (χ0n) is 17.9. The number of aryl methyl sites for hydroxylation is 1. The summed E-state index contributed by atoms with van der Waals surface area (Å²) in [6.07, 6.45) is 4.94. The van der Waals surface area contributed by atoms with E-state index in [0.717, 1.165) is 43.6 Å². The van der Waals surface area contributed by atoms with E-state index in [9.17, 15) is 14.0 Å². The number of amides is 1. The molecule has 7 nitrogen and oxygen atoms in total. The van der Waals surface area contributed by atoms with Crippen molar-refractivity contribution in [1.82, 2.24) is 20.2 Å². The van der Waals surface area contributed by atoms with Crippen LogP contribution in [0.5, 0.6) is 0 Å². The summed E-state index contributed by atoms with van der Waals surface area (Å²) >= 11 is 0. The average molecular weight is 426 g/mol. The van der Waals surface area contributed by atoms with Gasteiger partial charge >= 0.3 is 0 Å². The predicted molar refractivity (Wildman–Crippen MR) is 119 cm³/mol. The average Bonchev–Trinajstić information content (AvgIpc) is 3.29. The minimum absolute atomic E-state index is 0.00367. The number of carbonyl (C=O) groups excluding carboxylic acids is 1. The lowest BCUT2D eigenvalue weighted by molar-refractivity contribution is 0.0957. The van der Waals surface area contributed by atoms with Crippen LogP contribution >= 0.6 is 0 Å². The molecule has 1 atom stereocenters. The molecule has 4 rings (SSSR count). The quantitative estimate of drug-likeness (QED) is 0.718. The Kier molecular flexibility index (Phi) is 6.18. The Morgan fingerprint density at radius 3 is 2.65 bits per heavy atom. The van der Waals surface area contributed by atoms with Gasteiger partial charge in [-0.15, -0.1) is 0 Å². The van der Waals surface area contributed by atoms with Crippen molar-refractivity contribution in [3.8, 4) is 0 Å². The van der Waals surface area contributed by atoms with E-state index in [-0.39, 0.29) is 11.3 Å². The minimum Gasteiger partial charge on any atom is -0.365 e. The minimum atomic E-state index is -0.614. The number of aromatic amines is 1. The number of hydrogen-bond acceptors (Lipinski definition) is 5. The van der Waals surface area contributed by atoms with Crippen LogP contribution in [0.3, 0.4) is 0 Å². The van der Waals surface area contributed by atoms with Crippen molar-refractivity contribution < 1.29 is 9.18 Å². The van der Waals surface area contributed by atoms with Crippen molar-refractivity contribution in [2.24, 2.45) is 0 Å². The molecule has 31 heavy (non-hydrogen) atoms. The van der Waals surface area contributed by atoms with Crippen LogP contribution in [0.4, 0.5) is 10.1 Å². The van der Waals surface area contributed by atoms with Crippen LogP contribution in [0.2, 0.25) is 0 Å². The highest BCUT2D eigenvalue weighted by molar-refractivity contribution is 5.92. The molecule has 2 aliphatic rings. The fourth-order valence-electron chi connectivity index (χ4n) is 4.40. The molecule has 8 heteroatoms. The van der Waals surface area contributed by atoms with Crippen LogP contribution in [0, 0.1) is 5.95 Å². The second-order valence-corrected chi connectivity index (χ2v) is 7.99. The molecule has 2 N–H and O–H groups in total. The highest BCUT2D eigenvalue weighted by Gasteiger charge is 2.28. The van der Waals surface area contributed by atoms with E-state index in [1.54, 1.807) is 12.1 Å². The molecular weight excluding hydrogens is 397 g/mol. The summed E-state index contributed by atoms with van der Waals surface area (Å²) in [7, 11) is 1.50. The molecule has 1 aliphatic carbocycles. The highest BCUT2D eigenvalue weighted by atomic mass is 19.1. The number of H-pyrrole nitrogens is 1. The zero-order chi connectivity index (χ0) is 22.0. The highest BCUT2D eigenvalue weighted by Crippen LogP contribution is 2.30. The summed E-state index contributed by atoms with van der Waals surface area (Å²) in [4.78, 5) is 35.0. The van der Waals surface area contributed by atoms with Gasteiger partial charge in [0.05, 0.1) is 5.69 Å². The number of nitrogens with zero attached hydrogens (tertiary/aromatic N) is 3. The number of pyridine rings is 2. The Morgan fingerprint density at radius 1 is 1.23 bits per heavy atom. The molecule has 2 aromatic rings. The molecule has 0 spiro atoms. The van der Waals surface area contributed by atoms with Gasteiger partial charge in [-0.25, -0.2) is 4.98 Å². The molecule has 3 heterocycles. The van der Waals surface area contributed by atoms with Gasteiger partial charge in [0.2, 0.25) is 5.95 Å². The fourth-order valence-corrected chi connectivity index (χ4v) is 4.40. The first kappa shape index (κ1) is 21.2. The number of piperazine rings is 1. The Labute approximate surface area is 181 Å². The number of carbonyl (C=O) groups is 1. The van der Waals surface area contributed by atoms with E-state index in [1.807, 2.05) is 24.0 Å². The monoisotopic (exact) mass is 425 g/mol. The lowest BCUT2D eigenvalue weighted by atomic mass is 10.1. The van der Waals surface area contributed by atoms with E-state index < -0.39 is 11.9 Å². The van der Waals surface area contributed by atoms with E-state index in [2.05, 4.69) is 26.3 Å². The summed E-state index contributed by atoms with van der Waals surface area (Å²) in [6.45, 7) is 5.00. The van der Waals surface area contributed by atoms with Gasteiger partial charge in [0.25, 0.3) is 11.5 Å². The van der Waals surface area contributed by atoms with Gasteiger partial charge in [-0.2, -0.15) is 4.39 Å². The number of aromatic nitrogens is 2. The van der Waals surface area contributed by atoms with Gasteiger partial charge in [-0.1, -0.05) is 19.1 Å². The van der Waals surface area contributed by atoms with E-state index in [0.29, 0.717) is 24.8 Å². The van der Waals surface area contributed by atoms with Crippen LogP contribution in [0.25, 0.3) is 5.57 Å². The van der Waals surface area contributed by atoms with Crippen molar-refractivity contribution in [1.29, 1.82) is 0 Å². The number of allylic oxidation sites excluding steroid dienone is 1. The normalized spacial score (nSPS) is 19.4. The number of rotatable bonds is 5. The van der Waals surface area contributed by atoms with Gasteiger partial charge in [0.15, 0.2) is 0 Å². The largest absolute Gasteiger partial charge is 0.365 e. The van der Waals surface area contributed by atoms with Crippen molar-refractivity contribution in [2.75, 3.05) is 38.1 Å². The van der Waals surface area contributed by atoms with Gasteiger partial charge in [0, 0.05) is 50.5 Å². The summed E-state index contributed by atoms with van der Waals surface area (Å²) in [5.41, 5.74) is 3.41. The third-order valence-electron chi connectivity index (χ3n) is 6.23. The summed E-state index contributed by atoms with van der Waals surface area (Å²) < 4.78 is 14.5. The number of nitrogens with one attached hydrogen (secondary N) is 2. The summed E-state index contributed by atoms with van der Waals surface area (Å²) in [5.74, 6) is -1.01. The number of hydrogen-bond donors (Lipinski definition) is 2. The molecule has 0 saturated carbocycles. The Hall–Kier alpha value is -3.00. The van der Waals surface area contributed by atoms with Gasteiger partial charge < -0.3 is 15.2 Å². The van der Waals surface area contributed by atoms with Crippen LogP contribution in [-0.2, 0) is 6.42 Å². The molecule has 0 radical (unpaired) electrons. The van der Waals surface area contributed by atoms with Crippen LogP contribution in [0.15, 0.2) is 35.1 Å². The first-order valence-electron chi connectivity index (χ1n) is 10.8. The van der Waals surface area contributed by atoms with Gasteiger partial charge in [-0.3, -0.25) is 14.5 Å². The maximum absolute atomic E-state index is 14.5. The Bertz CT molecular complexity index is 1060. The van der Waals surface area contributed by atoms with Gasteiger partial charge in [-0.05, 0) is 43.0 Å². The van der Waals surface area contributed by atoms with Crippen molar-refractivity contribution in [3.05, 3.63) is 63.6 Å². The molecule has 1 unspecified atom stereocenters. The topological polar surface area (TPSA) is 81.3 Å². The molecule has 1 aliphatic heterocycles. The molecule has 164 valence electrons. The van der Waals surface area contributed by atoms with Crippen LogP contribution < -0.4 is 15.8 Å². The van der Waals surface area contributed by atoms with Crippen LogP contribution in [0.1, 0.15) is 41.5 Å². The van der Waals surface area contributed by atoms with Gasteiger partial charge in [0.1, 0.15) is 5.69 Å². The second-order valence-electron chi connectivity index (χ2n) is 7.99. The first-order valence-corrected chi connectivity index (χ1v) is 10.8. The molecule has 1 fully saturated rings. The lowest BCUT2D eigenvalue weighted by Crippen LogP contribution is -2.49. The summed E-state index contributed by atoms with van der Waals surface area (Å²) in [5, 5.41) is 2.46. The van der Waals surface area contributed by atoms with E-state index >= 15 is 0 Å². The standard InChI is InChI=1S/C23H28FN5O2/c1-3-15-5-7-18(27-22(15)30)16-4-6-17(14-16)28-10-12-29(13-11-28)20-9-8-19(23(31)25-2)26-21(20)24/h5,7-9,14,17H,3-4,6,10-13H2,1-2H3,(H,25,31)(H,27,30). The third kappa shape index (κ3) is 4.39. The number of anilines is 1. The SMILES string of the molecule is CCc1ccc(C2=CC(N3CCN(c4ccc(C(=O)NC)nc4F)CC3)CC2)[nH]c1=O. The van der Waals surface area contributed by atoms with E-state index in [1.165, 1.54) is 12.6 Å². The fraction of sp³-hybridized carbons (Fsp3) is 0.435. The van der Waals surface area contributed by atoms with Crippen LogP contribution in [-0.4, -0.2) is 60.0 Å². The van der Waals surface area contributed by atoms with Crippen molar-refractivity contribution in [2.45, 2.75) is 32.2 Å². The van der Waals surface area contributed by atoms with Crippen molar-refractivity contribution in [3.63, 3.8) is 0 Å². The molecule has 1 amide bonds. The second kappa shape index (κ2) is 9.01. The Morgan fingerprint density at radius 2 is 2.00 bits per heavy atom. The maximum Gasteiger partial charge on any atom is 0.269 e. The third-order valence-corrected chi connectivity index (χ3v) is 6.23. The van der Waals surface area contributed by atoms with Crippen molar-refractivity contribution >= 4 is 17.2 Å². The summed E-state index contributed by atoms with van der Waals surface area (Å²) in [6, 6.07) is 7.43. The zero-order valence-corrected chi connectivity index (χ0v) is 17.9. The molecule has 1 saturated heterocycles. The predicted octanol–water partition coefficient (Wildman–Crippen LogP) is 2.20. The molecule has 0 bridgehead atoms. The Balaban J connectivity index is 1.40. The van der Waals surface area contributed by atoms with E-state index in [4.69, 9.17) is 0 Å². The maximum atomic E-state index is 14.5. The molecule has 0 aromatic carbocycles. The lowest BCUT2D eigenvalue weighted by Gasteiger charge is -2.38. The molecule has 2 aromatic heterocycles. The molecular formula is C23H28FN5O2. The first-order chi connectivity index (χ1) is 15.0. The smallest absolute Gasteiger partial charge is 0.269 e. The number of halogens is 1.